The van der Waals surface area contributed by atoms with Crippen molar-refractivity contribution in [3.8, 4) is 0 Å². The molecule has 0 atom stereocenters. The van der Waals surface area contributed by atoms with Crippen molar-refractivity contribution in [3.05, 3.63) is 36.4 Å². The minimum atomic E-state index is -0.269. The number of nitrogens with one attached hydrogen (secondary N) is 1. The molecule has 0 spiro atoms. The van der Waals surface area contributed by atoms with Crippen LogP contribution in [0.15, 0.2) is 30.6 Å². The highest BCUT2D eigenvalue weighted by atomic mass is 19.1. The van der Waals surface area contributed by atoms with Gasteiger partial charge in [0.15, 0.2) is 0 Å². The van der Waals surface area contributed by atoms with Gasteiger partial charge in [-0.05, 0) is 51.9 Å². The number of nitrogens with zero attached hydrogens (tertiary/aromatic N) is 4. The second-order valence-corrected chi connectivity index (χ2v) is 6.88. The fourth-order valence-corrected chi connectivity index (χ4v) is 3.64. The number of hydrogen-bond acceptors (Lipinski definition) is 4. The molecule has 1 aromatic carbocycles. The van der Waals surface area contributed by atoms with Crippen molar-refractivity contribution in [2.75, 3.05) is 19.4 Å². The average molecular weight is 327 g/mol. The van der Waals surface area contributed by atoms with Crippen LogP contribution in [0.1, 0.15) is 25.7 Å². The molecule has 1 aliphatic rings. The maximum Gasteiger partial charge on any atom is 0.130 e. The van der Waals surface area contributed by atoms with E-state index in [1.807, 2.05) is 6.07 Å². The van der Waals surface area contributed by atoms with Crippen molar-refractivity contribution in [2.45, 2.75) is 37.8 Å². The lowest BCUT2D eigenvalue weighted by molar-refractivity contribution is 0.221. The van der Waals surface area contributed by atoms with Gasteiger partial charge in [0.2, 0.25) is 0 Å². The van der Waals surface area contributed by atoms with Crippen molar-refractivity contribution in [1.82, 2.24) is 19.5 Å². The fourth-order valence-electron chi connectivity index (χ4n) is 3.64. The Morgan fingerprint density at radius 2 is 1.96 bits per heavy atom. The van der Waals surface area contributed by atoms with Gasteiger partial charge in [0.1, 0.15) is 18.0 Å². The Hall–Kier alpha value is -2.21. The minimum Gasteiger partial charge on any atom is -0.367 e. The molecule has 6 heteroatoms. The lowest BCUT2D eigenvalue weighted by atomic mass is 9.90. The molecule has 4 rings (SSSR count). The number of hydrogen-bond donors (Lipinski definition) is 1. The zero-order valence-electron chi connectivity index (χ0n) is 14.0. The van der Waals surface area contributed by atoms with Gasteiger partial charge in [0.05, 0.1) is 11.0 Å². The Morgan fingerprint density at radius 1 is 1.17 bits per heavy atom. The highest BCUT2D eigenvalue weighted by molar-refractivity contribution is 5.94. The molecule has 1 saturated carbocycles. The first kappa shape index (κ1) is 15.3. The number of halogens is 1. The summed E-state index contributed by atoms with van der Waals surface area (Å²) < 4.78 is 15.1. The van der Waals surface area contributed by atoms with Crippen LogP contribution in [0.4, 0.5) is 10.2 Å². The first-order chi connectivity index (χ1) is 11.6. The van der Waals surface area contributed by atoms with Gasteiger partial charge in [0.25, 0.3) is 0 Å². The van der Waals surface area contributed by atoms with Gasteiger partial charge in [-0.25, -0.2) is 13.9 Å². The van der Waals surface area contributed by atoms with E-state index >= 15 is 0 Å². The summed E-state index contributed by atoms with van der Waals surface area (Å²) in [5, 5.41) is 8.87. The van der Waals surface area contributed by atoms with Crippen LogP contribution in [0, 0.1) is 5.82 Å². The van der Waals surface area contributed by atoms with E-state index in [9.17, 15) is 4.39 Å². The Kier molecular flexibility index (Phi) is 3.84. The number of anilines is 1. The molecule has 0 radical (unpaired) electrons. The second kappa shape index (κ2) is 6.02. The number of benzene rings is 1. The van der Waals surface area contributed by atoms with Crippen LogP contribution in [-0.2, 0) is 0 Å². The smallest absolute Gasteiger partial charge is 0.130 e. The maximum atomic E-state index is 13.4. The Balaban J connectivity index is 1.56. The molecule has 0 bridgehead atoms. The number of aromatic nitrogens is 3. The van der Waals surface area contributed by atoms with Gasteiger partial charge in [0, 0.05) is 29.6 Å². The summed E-state index contributed by atoms with van der Waals surface area (Å²) in [7, 11) is 4.31. The van der Waals surface area contributed by atoms with E-state index in [1.165, 1.54) is 25.0 Å². The average Bonchev–Trinajstić information content (AvgIpc) is 2.92. The first-order valence-electron chi connectivity index (χ1n) is 8.47. The third-order valence-electron chi connectivity index (χ3n) is 5.06. The third kappa shape index (κ3) is 2.82. The molecule has 0 saturated heterocycles. The van der Waals surface area contributed by atoms with Crippen molar-refractivity contribution < 1.29 is 4.39 Å². The van der Waals surface area contributed by atoms with Crippen LogP contribution in [0.2, 0.25) is 0 Å². The molecule has 5 nitrogen and oxygen atoms in total. The van der Waals surface area contributed by atoms with Crippen LogP contribution in [-0.4, -0.2) is 45.7 Å². The molecule has 24 heavy (non-hydrogen) atoms. The summed E-state index contributed by atoms with van der Waals surface area (Å²) >= 11 is 0. The molecular weight excluding hydrogens is 305 g/mol. The van der Waals surface area contributed by atoms with Crippen LogP contribution < -0.4 is 5.32 Å². The fraction of sp³-hybridized carbons (Fsp3) is 0.444. The molecule has 0 amide bonds. The van der Waals surface area contributed by atoms with Crippen molar-refractivity contribution in [1.29, 1.82) is 0 Å². The van der Waals surface area contributed by atoms with Gasteiger partial charge in [-0.3, -0.25) is 0 Å². The van der Waals surface area contributed by atoms with Crippen LogP contribution in [0.3, 0.4) is 0 Å². The van der Waals surface area contributed by atoms with E-state index in [0.717, 1.165) is 29.6 Å². The van der Waals surface area contributed by atoms with Crippen molar-refractivity contribution in [2.24, 2.45) is 0 Å². The van der Waals surface area contributed by atoms with E-state index in [4.69, 9.17) is 0 Å². The molecule has 0 aliphatic heterocycles. The van der Waals surface area contributed by atoms with Crippen LogP contribution >= 0.6 is 0 Å². The summed E-state index contributed by atoms with van der Waals surface area (Å²) in [6, 6.07) is 7.86. The van der Waals surface area contributed by atoms with Gasteiger partial charge < -0.3 is 10.2 Å². The minimum absolute atomic E-state index is 0.269. The first-order valence-corrected chi connectivity index (χ1v) is 8.47. The molecule has 2 heterocycles. The SMILES string of the molecule is CN(C)C1CCC(Nc2cc3c4ccc(F)cc4nn3cn2)CC1. The summed E-state index contributed by atoms with van der Waals surface area (Å²) in [6.45, 7) is 0. The van der Waals surface area contributed by atoms with Gasteiger partial charge in [-0.2, -0.15) is 5.10 Å². The zero-order chi connectivity index (χ0) is 16.7. The van der Waals surface area contributed by atoms with E-state index in [-0.39, 0.29) is 5.82 Å². The van der Waals surface area contributed by atoms with E-state index < -0.39 is 0 Å². The molecule has 126 valence electrons. The number of rotatable bonds is 3. The molecule has 3 aromatic rings. The molecule has 0 unspecified atom stereocenters. The van der Waals surface area contributed by atoms with Gasteiger partial charge >= 0.3 is 0 Å². The summed E-state index contributed by atoms with van der Waals surface area (Å²) in [5.74, 6) is 0.594. The molecule has 1 fully saturated rings. The molecule has 1 aliphatic carbocycles. The van der Waals surface area contributed by atoms with Gasteiger partial charge in [-0.15, -0.1) is 0 Å². The second-order valence-electron chi connectivity index (χ2n) is 6.88. The monoisotopic (exact) mass is 327 g/mol. The quantitative estimate of drug-likeness (QED) is 0.802. The highest BCUT2D eigenvalue weighted by Gasteiger charge is 2.22. The lowest BCUT2D eigenvalue weighted by Gasteiger charge is -2.33. The number of fused-ring (bicyclic) bond motifs is 3. The van der Waals surface area contributed by atoms with Crippen molar-refractivity contribution in [3.63, 3.8) is 0 Å². The lowest BCUT2D eigenvalue weighted by Crippen LogP contribution is -2.36. The normalized spacial score (nSPS) is 21.7. The molecule has 2 aromatic heterocycles. The van der Waals surface area contributed by atoms with E-state index in [2.05, 4.69) is 34.4 Å². The Bertz CT molecular complexity index is 864. The van der Waals surface area contributed by atoms with E-state index in [1.54, 1.807) is 16.9 Å². The Labute approximate surface area is 140 Å². The standard InChI is InChI=1S/C18H22FN5/c1-23(2)14-6-4-13(5-7-14)21-18-10-17-15-8-3-12(19)9-16(15)22-24(17)11-20-18/h3,8-11,13-14,21H,4-7H2,1-2H3. The predicted molar refractivity (Wildman–Crippen MR) is 93.8 cm³/mol. The summed E-state index contributed by atoms with van der Waals surface area (Å²) in [5.41, 5.74) is 1.60. The van der Waals surface area contributed by atoms with E-state index in [0.29, 0.717) is 17.6 Å². The highest BCUT2D eigenvalue weighted by Crippen LogP contribution is 2.26. The molecular formula is C18H22FN5. The van der Waals surface area contributed by atoms with Gasteiger partial charge in [-0.1, -0.05) is 0 Å². The van der Waals surface area contributed by atoms with Crippen LogP contribution in [0.25, 0.3) is 16.4 Å². The third-order valence-corrected chi connectivity index (χ3v) is 5.06. The largest absolute Gasteiger partial charge is 0.367 e. The maximum absolute atomic E-state index is 13.4. The topological polar surface area (TPSA) is 45.5 Å². The van der Waals surface area contributed by atoms with Crippen molar-refractivity contribution >= 4 is 22.2 Å². The van der Waals surface area contributed by atoms with Crippen LogP contribution in [0.5, 0.6) is 0 Å². The summed E-state index contributed by atoms with van der Waals surface area (Å²) in [4.78, 5) is 6.78. The molecule has 1 N–H and O–H groups in total. The summed E-state index contributed by atoms with van der Waals surface area (Å²) in [6.07, 6.45) is 6.42. The zero-order valence-corrected chi connectivity index (χ0v) is 14.0. The predicted octanol–water partition coefficient (Wildman–Crippen LogP) is 3.31. The Morgan fingerprint density at radius 3 is 2.71 bits per heavy atom.